The minimum Gasteiger partial charge on any atom is -0.444 e. The third-order valence-electron chi connectivity index (χ3n) is 3.64. The zero-order chi connectivity index (χ0) is 16.2. The molecule has 1 fully saturated rings. The van der Waals surface area contributed by atoms with Crippen LogP contribution in [0.3, 0.4) is 0 Å². The smallest absolute Gasteiger partial charge is 0.410 e. The van der Waals surface area contributed by atoms with Crippen molar-refractivity contribution in [1.82, 2.24) is 10.2 Å². The fraction of sp³-hybridized carbons (Fsp3) is 0.588. The molecule has 0 aliphatic carbocycles. The molecule has 0 aromatic heterocycles. The van der Waals surface area contributed by atoms with E-state index in [1.807, 2.05) is 39.0 Å². The van der Waals surface area contributed by atoms with Crippen LogP contribution >= 0.6 is 0 Å². The average Bonchev–Trinajstić information content (AvgIpc) is 2.80. The number of carbonyl (C=O) groups excluding carboxylic acids is 1. The quantitative estimate of drug-likeness (QED) is 0.893. The van der Waals surface area contributed by atoms with Gasteiger partial charge in [-0.15, -0.1) is 0 Å². The molecule has 1 aliphatic rings. The van der Waals surface area contributed by atoms with Crippen LogP contribution in [0.15, 0.2) is 30.3 Å². The summed E-state index contributed by atoms with van der Waals surface area (Å²) in [6, 6.07) is 10.1. The topological polar surface area (TPSA) is 61.8 Å². The molecule has 0 bridgehead atoms. The van der Waals surface area contributed by atoms with Crippen LogP contribution in [-0.4, -0.2) is 47.4 Å². The van der Waals surface area contributed by atoms with Gasteiger partial charge < -0.3 is 20.1 Å². The first-order valence-electron chi connectivity index (χ1n) is 7.76. The second-order valence-electron chi connectivity index (χ2n) is 6.83. The van der Waals surface area contributed by atoms with Gasteiger partial charge in [-0.25, -0.2) is 4.79 Å². The lowest BCUT2D eigenvalue weighted by atomic mass is 10.1. The van der Waals surface area contributed by atoms with Gasteiger partial charge in [-0.2, -0.15) is 0 Å². The number of ether oxygens (including phenoxy) is 1. The number of likely N-dealkylation sites (tertiary alicyclic amines) is 1. The average molecular weight is 306 g/mol. The van der Waals surface area contributed by atoms with Crippen LogP contribution in [0.4, 0.5) is 4.79 Å². The minimum absolute atomic E-state index is 0.0382. The Balaban J connectivity index is 1.77. The summed E-state index contributed by atoms with van der Waals surface area (Å²) in [4.78, 5) is 13.6. The van der Waals surface area contributed by atoms with Crippen molar-refractivity contribution in [2.75, 3.05) is 19.6 Å². The van der Waals surface area contributed by atoms with Gasteiger partial charge in [0.2, 0.25) is 0 Å². The Hall–Kier alpha value is -1.59. The van der Waals surface area contributed by atoms with E-state index in [4.69, 9.17) is 4.74 Å². The van der Waals surface area contributed by atoms with Crippen molar-refractivity contribution < 1.29 is 14.6 Å². The summed E-state index contributed by atoms with van der Waals surface area (Å²) >= 11 is 0. The zero-order valence-electron chi connectivity index (χ0n) is 13.6. The number of benzene rings is 1. The molecule has 5 heteroatoms. The number of hydrogen-bond acceptors (Lipinski definition) is 4. The molecule has 1 saturated heterocycles. The lowest BCUT2D eigenvalue weighted by molar-refractivity contribution is 0.0270. The molecule has 0 radical (unpaired) electrons. The fourth-order valence-corrected chi connectivity index (χ4v) is 2.53. The summed E-state index contributed by atoms with van der Waals surface area (Å²) in [5.74, 6) is 0.0382. The largest absolute Gasteiger partial charge is 0.444 e. The van der Waals surface area contributed by atoms with E-state index in [1.54, 1.807) is 4.90 Å². The van der Waals surface area contributed by atoms with Crippen molar-refractivity contribution in [2.45, 2.75) is 39.0 Å². The van der Waals surface area contributed by atoms with Crippen molar-refractivity contribution in [3.63, 3.8) is 0 Å². The highest BCUT2D eigenvalue weighted by Crippen LogP contribution is 2.19. The number of hydrogen-bond donors (Lipinski definition) is 2. The van der Waals surface area contributed by atoms with Crippen LogP contribution in [0, 0.1) is 5.92 Å². The molecular formula is C17H26N2O3. The lowest BCUT2D eigenvalue weighted by Crippen LogP contribution is -2.36. The normalized spacial score (nSPS) is 21.9. The molecule has 1 aromatic rings. The van der Waals surface area contributed by atoms with Crippen LogP contribution < -0.4 is 5.32 Å². The van der Waals surface area contributed by atoms with Crippen LogP contribution in [0.1, 0.15) is 26.3 Å². The monoisotopic (exact) mass is 306 g/mol. The maximum atomic E-state index is 12.0. The molecule has 2 N–H and O–H groups in total. The van der Waals surface area contributed by atoms with Crippen molar-refractivity contribution in [2.24, 2.45) is 5.92 Å². The number of β-amino-alcohol motifs (C(OH)–C–C–N with tert-alkyl or cyclic N) is 1. The van der Waals surface area contributed by atoms with Crippen molar-refractivity contribution in [1.29, 1.82) is 0 Å². The molecule has 122 valence electrons. The van der Waals surface area contributed by atoms with Gasteiger partial charge in [0, 0.05) is 25.6 Å². The maximum Gasteiger partial charge on any atom is 0.410 e. The Labute approximate surface area is 132 Å². The first-order valence-corrected chi connectivity index (χ1v) is 7.76. The minimum atomic E-state index is -0.508. The summed E-state index contributed by atoms with van der Waals surface area (Å²) in [5.41, 5.74) is 0.699. The maximum absolute atomic E-state index is 12.0. The van der Waals surface area contributed by atoms with Crippen LogP contribution in [-0.2, 0) is 11.3 Å². The molecule has 22 heavy (non-hydrogen) atoms. The molecule has 0 unspecified atom stereocenters. The van der Waals surface area contributed by atoms with E-state index in [-0.39, 0.29) is 12.0 Å². The van der Waals surface area contributed by atoms with Gasteiger partial charge in [-0.05, 0) is 26.3 Å². The SMILES string of the molecule is CC(C)(C)OC(=O)N1C[C@H](CNCc2ccccc2)[C@@H](O)C1. The van der Waals surface area contributed by atoms with Gasteiger partial charge in [0.05, 0.1) is 12.6 Å². The number of nitrogens with zero attached hydrogens (tertiary/aromatic N) is 1. The molecule has 1 amide bonds. The summed E-state index contributed by atoms with van der Waals surface area (Å²) in [5, 5.41) is 13.5. The first-order chi connectivity index (χ1) is 10.3. The number of aliphatic hydroxyl groups is 1. The molecule has 0 spiro atoms. The molecule has 1 aliphatic heterocycles. The Morgan fingerprint density at radius 1 is 1.32 bits per heavy atom. The molecule has 0 saturated carbocycles. The second kappa shape index (κ2) is 7.11. The first kappa shape index (κ1) is 16.8. The Morgan fingerprint density at radius 2 is 2.00 bits per heavy atom. The summed E-state index contributed by atoms with van der Waals surface area (Å²) in [6.45, 7) is 7.83. The van der Waals surface area contributed by atoms with Crippen LogP contribution in [0.5, 0.6) is 0 Å². The standard InChI is InChI=1S/C17H26N2O3/c1-17(2,3)22-16(21)19-11-14(15(20)12-19)10-18-9-13-7-5-4-6-8-13/h4-8,14-15,18,20H,9-12H2,1-3H3/t14-,15-/m0/s1. The lowest BCUT2D eigenvalue weighted by Gasteiger charge is -2.24. The highest BCUT2D eigenvalue weighted by Gasteiger charge is 2.35. The Bertz CT molecular complexity index is 484. The zero-order valence-corrected chi connectivity index (χ0v) is 13.6. The number of rotatable bonds is 4. The highest BCUT2D eigenvalue weighted by atomic mass is 16.6. The van der Waals surface area contributed by atoms with Gasteiger partial charge in [0.15, 0.2) is 0 Å². The predicted octanol–water partition coefficient (Wildman–Crippen LogP) is 2.00. The van der Waals surface area contributed by atoms with Crippen LogP contribution in [0.25, 0.3) is 0 Å². The number of carbonyl (C=O) groups is 1. The van der Waals surface area contributed by atoms with Crippen molar-refractivity contribution in [3.8, 4) is 0 Å². The van der Waals surface area contributed by atoms with E-state index >= 15 is 0 Å². The molecule has 1 heterocycles. The van der Waals surface area contributed by atoms with E-state index in [0.29, 0.717) is 19.6 Å². The second-order valence-corrected chi connectivity index (χ2v) is 6.83. The highest BCUT2D eigenvalue weighted by molar-refractivity contribution is 5.68. The van der Waals surface area contributed by atoms with Crippen molar-refractivity contribution in [3.05, 3.63) is 35.9 Å². The van der Waals surface area contributed by atoms with Crippen molar-refractivity contribution >= 4 is 6.09 Å². The van der Waals surface area contributed by atoms with E-state index in [9.17, 15) is 9.90 Å². The van der Waals surface area contributed by atoms with E-state index in [0.717, 1.165) is 6.54 Å². The van der Waals surface area contributed by atoms with Gasteiger partial charge in [-0.3, -0.25) is 0 Å². The van der Waals surface area contributed by atoms with Gasteiger partial charge in [0.25, 0.3) is 0 Å². The predicted molar refractivity (Wildman–Crippen MR) is 85.5 cm³/mol. The van der Waals surface area contributed by atoms with Gasteiger partial charge in [0.1, 0.15) is 5.60 Å². The van der Waals surface area contributed by atoms with E-state index < -0.39 is 11.7 Å². The molecule has 2 rings (SSSR count). The van der Waals surface area contributed by atoms with E-state index in [2.05, 4.69) is 17.4 Å². The summed E-state index contributed by atoms with van der Waals surface area (Å²) < 4.78 is 5.35. The van der Waals surface area contributed by atoms with E-state index in [1.165, 1.54) is 5.56 Å². The molecule has 5 nitrogen and oxygen atoms in total. The molecule has 2 atom stereocenters. The summed E-state index contributed by atoms with van der Waals surface area (Å²) in [6.07, 6.45) is -0.854. The summed E-state index contributed by atoms with van der Waals surface area (Å²) in [7, 11) is 0. The van der Waals surface area contributed by atoms with Gasteiger partial charge in [-0.1, -0.05) is 30.3 Å². The van der Waals surface area contributed by atoms with Crippen LogP contribution in [0.2, 0.25) is 0 Å². The Morgan fingerprint density at radius 3 is 2.64 bits per heavy atom. The number of nitrogens with one attached hydrogen (secondary N) is 1. The third kappa shape index (κ3) is 5.00. The number of amides is 1. The molecular weight excluding hydrogens is 280 g/mol. The molecule has 1 aromatic carbocycles. The fourth-order valence-electron chi connectivity index (χ4n) is 2.53. The van der Waals surface area contributed by atoms with Gasteiger partial charge >= 0.3 is 6.09 Å². The third-order valence-corrected chi connectivity index (χ3v) is 3.64. The Kier molecular flexibility index (Phi) is 5.42. The number of aliphatic hydroxyl groups excluding tert-OH is 1.